The molecule has 2 bridgehead atoms. The van der Waals surface area contributed by atoms with E-state index in [0.717, 1.165) is 12.8 Å². The highest BCUT2D eigenvalue weighted by atomic mass is 16.7. The van der Waals surface area contributed by atoms with Crippen molar-refractivity contribution in [2.45, 2.75) is 117 Å². The molecule has 37 heavy (non-hydrogen) atoms. The summed E-state index contributed by atoms with van der Waals surface area (Å²) < 4.78 is 18.6. The fraction of sp³-hybridized carbons (Fsp3) is 0.889. The van der Waals surface area contributed by atoms with Crippen LogP contribution in [0.5, 0.6) is 0 Å². The lowest BCUT2D eigenvalue weighted by atomic mass is 9.43. The van der Waals surface area contributed by atoms with Gasteiger partial charge in [-0.15, -0.1) is 0 Å². The molecule has 0 aromatic heterocycles. The van der Waals surface area contributed by atoms with Crippen LogP contribution in [-0.4, -0.2) is 54.8 Å². The second-order valence-electron chi connectivity index (χ2n) is 13.5. The zero-order valence-corrected chi connectivity index (χ0v) is 24.0. The van der Waals surface area contributed by atoms with E-state index in [-0.39, 0.29) is 35.4 Å². The molecule has 4 fully saturated rings. The first-order valence-electron chi connectivity index (χ1n) is 13.9. The zero-order chi connectivity index (χ0) is 27.8. The van der Waals surface area contributed by atoms with Crippen LogP contribution < -0.4 is 16.4 Å². The minimum atomic E-state index is -0.641. The van der Waals surface area contributed by atoms with Gasteiger partial charge >= 0.3 is 19.1 Å². The van der Waals surface area contributed by atoms with E-state index < -0.39 is 30.6 Å². The number of nitrogens with two attached hydrogens (primary N) is 1. The van der Waals surface area contributed by atoms with Crippen LogP contribution in [0.1, 0.15) is 93.9 Å². The van der Waals surface area contributed by atoms with E-state index in [1.807, 2.05) is 0 Å². The Balaban J connectivity index is 1.70. The van der Waals surface area contributed by atoms with E-state index in [1.54, 1.807) is 20.8 Å². The number of hydrogen-bond donors (Lipinski definition) is 3. The quantitative estimate of drug-likeness (QED) is 0.217. The molecule has 1 saturated heterocycles. The average Bonchev–Trinajstić information content (AvgIpc) is 3.10. The molecule has 1 heterocycles. The molecule has 4 aliphatic rings. The lowest BCUT2D eigenvalue weighted by molar-refractivity contribution is -0.199. The minimum absolute atomic E-state index is 0.0262. The number of urea groups is 1. The maximum absolute atomic E-state index is 13.5. The predicted molar refractivity (Wildman–Crippen MR) is 142 cm³/mol. The van der Waals surface area contributed by atoms with Crippen LogP contribution in [0, 0.1) is 29.1 Å². The van der Waals surface area contributed by atoms with Crippen LogP contribution in [0.3, 0.4) is 0 Å². The number of carbonyl (C=O) groups excluding carboxylic acids is 3. The highest BCUT2D eigenvalue weighted by Crippen LogP contribution is 2.65. The van der Waals surface area contributed by atoms with Crippen molar-refractivity contribution in [3.8, 4) is 0 Å². The SMILES string of the molecule is CC(C)C[C@H](NC(=O)[C@H](CCCNC(N)=O)CC(=O)OC(C)(C)C)B1O[C@@H]2C[C@@H]3C[C@@H](C3(C)C)[C@]2(C)O1. The molecule has 0 aromatic carbocycles. The van der Waals surface area contributed by atoms with Crippen molar-refractivity contribution >= 4 is 25.0 Å². The predicted octanol–water partition coefficient (Wildman–Crippen LogP) is 3.58. The molecule has 4 rings (SSSR count). The largest absolute Gasteiger partial charge is 0.481 e. The summed E-state index contributed by atoms with van der Waals surface area (Å²) in [6.45, 7) is 16.8. The lowest BCUT2D eigenvalue weighted by Crippen LogP contribution is -2.65. The summed E-state index contributed by atoms with van der Waals surface area (Å²) in [6, 6.07) is -0.614. The van der Waals surface area contributed by atoms with Gasteiger partial charge in [0.15, 0.2) is 0 Å². The molecular weight excluding hydrogens is 473 g/mol. The second kappa shape index (κ2) is 11.1. The van der Waals surface area contributed by atoms with Crippen LogP contribution in [0.15, 0.2) is 0 Å². The fourth-order valence-corrected chi connectivity index (χ4v) is 6.59. The van der Waals surface area contributed by atoms with Gasteiger partial charge in [0, 0.05) is 12.5 Å². The number of rotatable bonds is 11. The Morgan fingerprint density at radius 1 is 1.16 bits per heavy atom. The Kier molecular flexibility index (Phi) is 8.94. The van der Waals surface area contributed by atoms with Crippen LogP contribution in [0.4, 0.5) is 4.79 Å². The Morgan fingerprint density at radius 2 is 1.84 bits per heavy atom. The van der Waals surface area contributed by atoms with E-state index in [2.05, 4.69) is 45.3 Å². The highest BCUT2D eigenvalue weighted by Gasteiger charge is 2.68. The summed E-state index contributed by atoms with van der Waals surface area (Å²) in [7, 11) is -0.532. The summed E-state index contributed by atoms with van der Waals surface area (Å²) in [5, 5.41) is 5.72. The van der Waals surface area contributed by atoms with Gasteiger partial charge in [-0.2, -0.15) is 0 Å². The van der Waals surface area contributed by atoms with Gasteiger partial charge in [0.2, 0.25) is 5.91 Å². The van der Waals surface area contributed by atoms with Crippen molar-refractivity contribution < 1.29 is 28.4 Å². The molecule has 6 atom stereocenters. The third kappa shape index (κ3) is 6.99. The van der Waals surface area contributed by atoms with E-state index in [1.165, 1.54) is 0 Å². The Morgan fingerprint density at radius 3 is 2.41 bits per heavy atom. The van der Waals surface area contributed by atoms with Gasteiger partial charge in [-0.05, 0) is 83.0 Å². The number of hydrogen-bond acceptors (Lipinski definition) is 6. The molecule has 3 saturated carbocycles. The summed E-state index contributed by atoms with van der Waals surface area (Å²) in [6.07, 6.45) is 3.73. The number of carbonyl (C=O) groups is 3. The molecule has 4 N–H and O–H groups in total. The van der Waals surface area contributed by atoms with Gasteiger partial charge in [-0.1, -0.05) is 27.7 Å². The first kappa shape index (κ1) is 29.7. The third-order valence-corrected chi connectivity index (χ3v) is 8.58. The van der Waals surface area contributed by atoms with Gasteiger partial charge in [0.05, 0.1) is 24.1 Å². The summed E-state index contributed by atoms with van der Waals surface area (Å²) in [5.74, 6) is -0.213. The van der Waals surface area contributed by atoms with Crippen molar-refractivity contribution in [3.63, 3.8) is 0 Å². The van der Waals surface area contributed by atoms with Gasteiger partial charge < -0.3 is 30.4 Å². The molecule has 1 aliphatic heterocycles. The van der Waals surface area contributed by atoms with Crippen molar-refractivity contribution in [2.75, 3.05) is 6.54 Å². The maximum atomic E-state index is 13.5. The topological polar surface area (TPSA) is 129 Å². The molecule has 0 radical (unpaired) electrons. The van der Waals surface area contributed by atoms with Gasteiger partial charge in [0.25, 0.3) is 0 Å². The molecule has 3 amide bonds. The Hall–Kier alpha value is -1.81. The highest BCUT2D eigenvalue weighted by molar-refractivity contribution is 6.47. The molecule has 210 valence electrons. The molecule has 9 nitrogen and oxygen atoms in total. The number of esters is 1. The third-order valence-electron chi connectivity index (χ3n) is 8.58. The maximum Gasteiger partial charge on any atom is 0.481 e. The Labute approximate surface area is 222 Å². The normalized spacial score (nSPS) is 29.6. The fourth-order valence-electron chi connectivity index (χ4n) is 6.59. The smallest absolute Gasteiger partial charge is 0.460 e. The van der Waals surface area contributed by atoms with Crippen molar-refractivity contribution in [2.24, 2.45) is 34.8 Å². The summed E-state index contributed by atoms with van der Waals surface area (Å²) in [5.41, 5.74) is 4.39. The van der Waals surface area contributed by atoms with Crippen LogP contribution in [0.2, 0.25) is 0 Å². The number of primary amides is 1. The van der Waals surface area contributed by atoms with Crippen LogP contribution in [0.25, 0.3) is 0 Å². The van der Waals surface area contributed by atoms with Crippen molar-refractivity contribution in [1.29, 1.82) is 0 Å². The summed E-state index contributed by atoms with van der Waals surface area (Å²) in [4.78, 5) is 37.2. The number of nitrogens with one attached hydrogen (secondary N) is 2. The first-order valence-corrected chi connectivity index (χ1v) is 13.9. The average molecular weight is 522 g/mol. The van der Waals surface area contributed by atoms with Gasteiger partial charge in [0.1, 0.15) is 5.60 Å². The van der Waals surface area contributed by atoms with Crippen molar-refractivity contribution in [3.05, 3.63) is 0 Å². The molecule has 0 spiro atoms. The van der Waals surface area contributed by atoms with E-state index in [4.69, 9.17) is 19.8 Å². The van der Waals surface area contributed by atoms with E-state index in [9.17, 15) is 14.4 Å². The van der Waals surface area contributed by atoms with Gasteiger partial charge in [-0.3, -0.25) is 9.59 Å². The molecule has 3 aliphatic carbocycles. The standard InChI is InChI=1S/C27H48BN3O6/c1-16(2)12-21(28-36-20-15-18-14-19(26(18,6)7)27(20,8)37-28)31-23(33)17(10-9-11-30-24(29)34)13-22(32)35-25(3,4)5/h16-21H,9-15H2,1-8H3,(H,31,33)(H3,29,30,34)/t17-,18+,19+,20-,21+,27+/m1/s1. The number of amides is 3. The monoisotopic (exact) mass is 521 g/mol. The van der Waals surface area contributed by atoms with Crippen molar-refractivity contribution in [1.82, 2.24) is 10.6 Å². The minimum Gasteiger partial charge on any atom is -0.460 e. The Bertz CT molecular complexity index is 860. The molecule has 10 heteroatoms. The molecule has 0 unspecified atom stereocenters. The van der Waals surface area contributed by atoms with E-state index >= 15 is 0 Å². The van der Waals surface area contributed by atoms with Crippen LogP contribution >= 0.6 is 0 Å². The van der Waals surface area contributed by atoms with Crippen LogP contribution in [-0.2, 0) is 23.6 Å². The molecule has 0 aromatic rings. The lowest BCUT2D eigenvalue weighted by Gasteiger charge is -2.64. The van der Waals surface area contributed by atoms with Gasteiger partial charge in [-0.25, -0.2) is 4.79 Å². The summed E-state index contributed by atoms with van der Waals surface area (Å²) >= 11 is 0. The second-order valence-corrected chi connectivity index (χ2v) is 13.5. The first-order chi connectivity index (χ1) is 17.0. The number of ether oxygens (including phenoxy) is 1. The zero-order valence-electron chi connectivity index (χ0n) is 24.0. The van der Waals surface area contributed by atoms with E-state index in [0.29, 0.717) is 43.6 Å². The molecular formula is C27H48BN3O6.